The summed E-state index contributed by atoms with van der Waals surface area (Å²) in [6.45, 7) is 2.67. The molecule has 1 aliphatic heterocycles. The highest BCUT2D eigenvalue weighted by Gasteiger charge is 2.30. The minimum absolute atomic E-state index is 0.0737. The van der Waals surface area contributed by atoms with E-state index in [-0.39, 0.29) is 18.0 Å². The number of nitrogens with zero attached hydrogens (tertiary/aromatic N) is 2. The largest absolute Gasteiger partial charge is 0.334 e. The molecule has 4 nitrogen and oxygen atoms in total. The average molecular weight is 251 g/mol. The summed E-state index contributed by atoms with van der Waals surface area (Å²) in [6, 6.07) is 2.95. The van der Waals surface area contributed by atoms with Crippen molar-refractivity contribution in [1.29, 1.82) is 0 Å². The van der Waals surface area contributed by atoms with Gasteiger partial charge in [-0.3, -0.25) is 4.79 Å². The molecule has 2 atom stereocenters. The van der Waals surface area contributed by atoms with Gasteiger partial charge in [0.05, 0.1) is 6.20 Å². The number of hydrogen-bond acceptors (Lipinski definition) is 3. The zero-order valence-electron chi connectivity index (χ0n) is 10.5. The molecule has 0 aliphatic carbocycles. The number of rotatable bonds is 3. The van der Waals surface area contributed by atoms with Gasteiger partial charge in [0.1, 0.15) is 11.5 Å². The van der Waals surface area contributed by atoms with Gasteiger partial charge < -0.3 is 10.6 Å². The summed E-state index contributed by atoms with van der Waals surface area (Å²) in [5.74, 6) is -0.557. The zero-order valence-corrected chi connectivity index (χ0v) is 10.5. The Morgan fingerprint density at radius 3 is 3.06 bits per heavy atom. The molecule has 0 bridgehead atoms. The van der Waals surface area contributed by atoms with Crippen molar-refractivity contribution in [2.75, 3.05) is 6.54 Å². The fraction of sp³-hybridized carbons (Fsp3) is 0.538. The Morgan fingerprint density at radius 1 is 1.67 bits per heavy atom. The number of amides is 1. The highest BCUT2D eigenvalue weighted by molar-refractivity contribution is 5.92. The lowest BCUT2D eigenvalue weighted by atomic mass is 10.1. The van der Waals surface area contributed by atoms with E-state index in [1.54, 1.807) is 0 Å². The highest BCUT2D eigenvalue weighted by atomic mass is 19.1. The molecule has 2 N–H and O–H groups in total. The minimum atomic E-state index is -0.430. The van der Waals surface area contributed by atoms with Gasteiger partial charge in [0.25, 0.3) is 5.91 Å². The summed E-state index contributed by atoms with van der Waals surface area (Å²) in [5.41, 5.74) is 6.09. The summed E-state index contributed by atoms with van der Waals surface area (Å²) >= 11 is 0. The Balaban J connectivity index is 2.10. The van der Waals surface area contributed by atoms with E-state index in [2.05, 4.69) is 4.98 Å². The first-order valence-electron chi connectivity index (χ1n) is 6.26. The SMILES string of the molecule is CC(N)CC1CCCN1C(=O)c1ccc(F)cn1. The average Bonchev–Trinajstić information content (AvgIpc) is 2.76. The highest BCUT2D eigenvalue weighted by Crippen LogP contribution is 2.22. The molecule has 2 rings (SSSR count). The second kappa shape index (κ2) is 5.44. The van der Waals surface area contributed by atoms with Crippen molar-refractivity contribution in [3.8, 4) is 0 Å². The van der Waals surface area contributed by atoms with Crippen LogP contribution < -0.4 is 5.73 Å². The number of halogens is 1. The number of carbonyl (C=O) groups is 1. The number of likely N-dealkylation sites (tertiary alicyclic amines) is 1. The Kier molecular flexibility index (Phi) is 3.91. The monoisotopic (exact) mass is 251 g/mol. The first-order valence-corrected chi connectivity index (χ1v) is 6.26. The third kappa shape index (κ3) is 2.85. The maximum atomic E-state index is 12.8. The molecule has 5 heteroatoms. The van der Waals surface area contributed by atoms with Crippen LogP contribution in [0.25, 0.3) is 0 Å². The molecule has 0 spiro atoms. The Bertz CT molecular complexity index is 419. The molecule has 1 aromatic rings. The van der Waals surface area contributed by atoms with Gasteiger partial charge in [0.2, 0.25) is 0 Å². The lowest BCUT2D eigenvalue weighted by Crippen LogP contribution is -2.39. The summed E-state index contributed by atoms with van der Waals surface area (Å²) in [5, 5.41) is 0. The second-order valence-corrected chi connectivity index (χ2v) is 4.87. The van der Waals surface area contributed by atoms with Crippen LogP contribution in [-0.4, -0.2) is 34.4 Å². The third-order valence-electron chi connectivity index (χ3n) is 3.23. The van der Waals surface area contributed by atoms with Crippen LogP contribution in [0.4, 0.5) is 4.39 Å². The molecule has 98 valence electrons. The summed E-state index contributed by atoms with van der Waals surface area (Å²) < 4.78 is 12.8. The van der Waals surface area contributed by atoms with Crippen molar-refractivity contribution in [2.45, 2.75) is 38.3 Å². The van der Waals surface area contributed by atoms with Gasteiger partial charge in [-0.1, -0.05) is 0 Å². The van der Waals surface area contributed by atoms with Crippen LogP contribution in [0.5, 0.6) is 0 Å². The molecule has 1 aliphatic rings. The number of pyridine rings is 1. The topological polar surface area (TPSA) is 59.2 Å². The van der Waals surface area contributed by atoms with E-state index in [1.165, 1.54) is 12.1 Å². The Morgan fingerprint density at radius 2 is 2.44 bits per heavy atom. The Hall–Kier alpha value is -1.49. The van der Waals surface area contributed by atoms with Crippen LogP contribution in [0.3, 0.4) is 0 Å². The second-order valence-electron chi connectivity index (χ2n) is 4.87. The molecule has 0 aromatic carbocycles. The maximum Gasteiger partial charge on any atom is 0.272 e. The lowest BCUT2D eigenvalue weighted by molar-refractivity contribution is 0.0721. The van der Waals surface area contributed by atoms with Crippen molar-refractivity contribution in [2.24, 2.45) is 5.73 Å². The fourth-order valence-corrected chi connectivity index (χ4v) is 2.43. The van der Waals surface area contributed by atoms with E-state index in [0.29, 0.717) is 5.69 Å². The van der Waals surface area contributed by atoms with Gasteiger partial charge in [-0.25, -0.2) is 9.37 Å². The van der Waals surface area contributed by atoms with Gasteiger partial charge in [-0.2, -0.15) is 0 Å². The first kappa shape index (κ1) is 13.0. The van der Waals surface area contributed by atoms with Gasteiger partial charge in [0, 0.05) is 18.6 Å². The molecule has 18 heavy (non-hydrogen) atoms. The first-order chi connectivity index (χ1) is 8.58. The van der Waals surface area contributed by atoms with E-state index in [0.717, 1.165) is 32.0 Å². The predicted molar refractivity (Wildman–Crippen MR) is 66.5 cm³/mol. The molecular weight excluding hydrogens is 233 g/mol. The molecule has 2 heterocycles. The maximum absolute atomic E-state index is 12.8. The van der Waals surface area contributed by atoms with Gasteiger partial charge in [-0.05, 0) is 38.3 Å². The van der Waals surface area contributed by atoms with Crippen molar-refractivity contribution in [3.05, 3.63) is 29.8 Å². The van der Waals surface area contributed by atoms with Crippen molar-refractivity contribution >= 4 is 5.91 Å². The molecule has 1 fully saturated rings. The minimum Gasteiger partial charge on any atom is -0.334 e. The van der Waals surface area contributed by atoms with Gasteiger partial charge in [0.15, 0.2) is 0 Å². The van der Waals surface area contributed by atoms with E-state index in [9.17, 15) is 9.18 Å². The van der Waals surface area contributed by atoms with Crippen molar-refractivity contribution in [1.82, 2.24) is 9.88 Å². The van der Waals surface area contributed by atoms with Crippen LogP contribution in [0.2, 0.25) is 0 Å². The Labute approximate surface area is 106 Å². The van der Waals surface area contributed by atoms with E-state index in [1.807, 2.05) is 11.8 Å². The van der Waals surface area contributed by atoms with Gasteiger partial charge in [-0.15, -0.1) is 0 Å². The van der Waals surface area contributed by atoms with Gasteiger partial charge >= 0.3 is 0 Å². The summed E-state index contributed by atoms with van der Waals surface area (Å²) in [4.78, 5) is 17.9. The summed E-state index contributed by atoms with van der Waals surface area (Å²) in [6.07, 6.45) is 3.84. The standard InChI is InChI=1S/C13H18FN3O/c1-9(15)7-11-3-2-6-17(11)13(18)12-5-4-10(14)8-16-12/h4-5,8-9,11H,2-3,6-7,15H2,1H3. The molecule has 1 saturated heterocycles. The number of nitrogens with two attached hydrogens (primary N) is 1. The third-order valence-corrected chi connectivity index (χ3v) is 3.23. The van der Waals surface area contributed by atoms with Crippen LogP contribution >= 0.6 is 0 Å². The summed E-state index contributed by atoms with van der Waals surface area (Å²) in [7, 11) is 0. The van der Waals surface area contributed by atoms with Crippen LogP contribution in [0.1, 0.15) is 36.7 Å². The molecule has 2 unspecified atom stereocenters. The molecule has 1 aromatic heterocycles. The number of hydrogen-bond donors (Lipinski definition) is 1. The lowest BCUT2D eigenvalue weighted by Gasteiger charge is -2.25. The molecule has 1 amide bonds. The zero-order chi connectivity index (χ0) is 13.1. The van der Waals surface area contributed by atoms with Crippen molar-refractivity contribution in [3.63, 3.8) is 0 Å². The van der Waals surface area contributed by atoms with E-state index >= 15 is 0 Å². The smallest absolute Gasteiger partial charge is 0.272 e. The van der Waals surface area contributed by atoms with E-state index in [4.69, 9.17) is 5.73 Å². The molecular formula is C13H18FN3O. The quantitative estimate of drug-likeness (QED) is 0.887. The van der Waals surface area contributed by atoms with E-state index < -0.39 is 5.82 Å². The normalized spacial score (nSPS) is 21.1. The fourth-order valence-electron chi connectivity index (χ4n) is 2.43. The predicted octanol–water partition coefficient (Wildman–Crippen LogP) is 1.56. The van der Waals surface area contributed by atoms with Crippen LogP contribution in [-0.2, 0) is 0 Å². The van der Waals surface area contributed by atoms with Crippen LogP contribution in [0, 0.1) is 5.82 Å². The molecule has 0 saturated carbocycles. The number of aromatic nitrogens is 1. The van der Waals surface area contributed by atoms with Crippen molar-refractivity contribution < 1.29 is 9.18 Å². The number of carbonyl (C=O) groups excluding carboxylic acids is 1. The molecule has 0 radical (unpaired) electrons. The van der Waals surface area contributed by atoms with Crippen LogP contribution in [0.15, 0.2) is 18.3 Å².